The summed E-state index contributed by atoms with van der Waals surface area (Å²) in [6, 6.07) is 4.41. The summed E-state index contributed by atoms with van der Waals surface area (Å²) in [4.78, 5) is 14.0. The van der Waals surface area contributed by atoms with Crippen LogP contribution in [0.5, 0.6) is 0 Å². The van der Waals surface area contributed by atoms with Crippen LogP contribution in [-0.2, 0) is 10.0 Å². The minimum absolute atomic E-state index is 0.203. The van der Waals surface area contributed by atoms with Crippen molar-refractivity contribution < 1.29 is 13.2 Å². The lowest BCUT2D eigenvalue weighted by Gasteiger charge is -2.11. The van der Waals surface area contributed by atoms with Crippen molar-refractivity contribution >= 4 is 33.2 Å². The number of amides is 1. The molecule has 0 aliphatic carbocycles. The molecule has 0 aliphatic heterocycles. The number of rotatable bonds is 7. The Kier molecular flexibility index (Phi) is 6.44. The molecule has 0 heterocycles. The summed E-state index contributed by atoms with van der Waals surface area (Å²) in [6.07, 6.45) is 1.89. The van der Waals surface area contributed by atoms with Gasteiger partial charge in [0.2, 0.25) is 10.0 Å². The van der Waals surface area contributed by atoms with E-state index in [0.29, 0.717) is 17.8 Å². The Bertz CT molecular complexity index is 603. The molecule has 0 spiro atoms. The number of nitrogens with one attached hydrogen (secondary N) is 2. The van der Waals surface area contributed by atoms with Crippen LogP contribution < -0.4 is 10.0 Å². The third-order valence-corrected chi connectivity index (χ3v) is 3.50. The van der Waals surface area contributed by atoms with E-state index in [1.54, 1.807) is 0 Å². The molecule has 0 unspecified atom stereocenters. The van der Waals surface area contributed by atoms with Gasteiger partial charge in [0.25, 0.3) is 5.91 Å². The summed E-state index contributed by atoms with van der Waals surface area (Å²) < 4.78 is 24.5. The molecule has 8 heteroatoms. The average molecular weight is 334 g/mol. The number of anilines is 1. The fourth-order valence-electron chi connectivity index (χ4n) is 1.67. The molecule has 0 aliphatic rings. The molecule has 21 heavy (non-hydrogen) atoms. The molecule has 1 rings (SSSR count). The summed E-state index contributed by atoms with van der Waals surface area (Å²) in [5.74, 6) is -0.273. The fraction of sp³-hybridized carbons (Fsp3) is 0.462. The van der Waals surface area contributed by atoms with Crippen molar-refractivity contribution in [3.63, 3.8) is 0 Å². The normalized spacial score (nSPS) is 11.5. The summed E-state index contributed by atoms with van der Waals surface area (Å²) in [5, 5.41) is 2.98. The van der Waals surface area contributed by atoms with Gasteiger partial charge in [0, 0.05) is 12.2 Å². The van der Waals surface area contributed by atoms with Crippen molar-refractivity contribution in [2.45, 2.75) is 6.42 Å². The number of halogens is 1. The zero-order valence-electron chi connectivity index (χ0n) is 12.3. The number of hydrogen-bond acceptors (Lipinski definition) is 4. The maximum absolute atomic E-state index is 12.0. The first-order valence-electron chi connectivity index (χ1n) is 6.39. The largest absolute Gasteiger partial charge is 0.352 e. The fourth-order valence-corrected chi connectivity index (χ4v) is 2.49. The number of benzene rings is 1. The molecular weight excluding hydrogens is 314 g/mol. The Labute approximate surface area is 130 Å². The predicted molar refractivity (Wildman–Crippen MR) is 85.4 cm³/mol. The Morgan fingerprint density at radius 3 is 2.52 bits per heavy atom. The molecule has 1 amide bonds. The Morgan fingerprint density at radius 1 is 1.33 bits per heavy atom. The highest BCUT2D eigenvalue weighted by Gasteiger charge is 2.11. The first-order chi connectivity index (χ1) is 9.69. The number of sulfonamides is 1. The molecule has 118 valence electrons. The highest BCUT2D eigenvalue weighted by atomic mass is 35.5. The second-order valence-electron chi connectivity index (χ2n) is 4.98. The van der Waals surface area contributed by atoms with Gasteiger partial charge in [0.15, 0.2) is 0 Å². The zero-order chi connectivity index (χ0) is 16.0. The van der Waals surface area contributed by atoms with Crippen molar-refractivity contribution in [3.05, 3.63) is 28.8 Å². The van der Waals surface area contributed by atoms with Gasteiger partial charge in [0.05, 0.1) is 16.8 Å². The predicted octanol–water partition coefficient (Wildman–Crippen LogP) is 1.39. The minimum Gasteiger partial charge on any atom is -0.352 e. The van der Waals surface area contributed by atoms with Crippen LogP contribution in [0.15, 0.2) is 18.2 Å². The SMILES string of the molecule is CN(C)CCCNC(=O)c1ccc(NS(C)(=O)=O)cc1Cl. The smallest absolute Gasteiger partial charge is 0.252 e. The van der Waals surface area contributed by atoms with Crippen molar-refractivity contribution in [2.24, 2.45) is 0 Å². The van der Waals surface area contributed by atoms with Gasteiger partial charge in [0.1, 0.15) is 0 Å². The third-order valence-electron chi connectivity index (χ3n) is 2.58. The maximum Gasteiger partial charge on any atom is 0.252 e. The topological polar surface area (TPSA) is 78.5 Å². The van der Waals surface area contributed by atoms with E-state index in [2.05, 4.69) is 10.0 Å². The standard InChI is InChI=1S/C13H20ClN3O3S/c1-17(2)8-4-7-15-13(18)11-6-5-10(9-12(11)14)16-21(3,19)20/h5-6,9,16H,4,7-8H2,1-3H3,(H,15,18). The van der Waals surface area contributed by atoms with Gasteiger partial charge in [-0.05, 0) is 45.3 Å². The number of carbonyl (C=O) groups excluding carboxylic acids is 1. The van der Waals surface area contributed by atoms with Gasteiger partial charge in [-0.3, -0.25) is 9.52 Å². The second-order valence-corrected chi connectivity index (χ2v) is 7.14. The molecule has 0 bridgehead atoms. The maximum atomic E-state index is 12.0. The highest BCUT2D eigenvalue weighted by molar-refractivity contribution is 7.92. The highest BCUT2D eigenvalue weighted by Crippen LogP contribution is 2.21. The van der Waals surface area contributed by atoms with Crippen molar-refractivity contribution in [1.82, 2.24) is 10.2 Å². The van der Waals surface area contributed by atoms with E-state index in [0.717, 1.165) is 19.2 Å². The van der Waals surface area contributed by atoms with Crippen LogP contribution in [0.25, 0.3) is 0 Å². The Morgan fingerprint density at radius 2 is 2.00 bits per heavy atom. The van der Waals surface area contributed by atoms with Crippen molar-refractivity contribution in [2.75, 3.05) is 38.2 Å². The molecule has 1 aromatic carbocycles. The molecule has 0 saturated carbocycles. The molecule has 2 N–H and O–H groups in total. The molecule has 0 fully saturated rings. The molecule has 0 atom stereocenters. The first-order valence-corrected chi connectivity index (χ1v) is 8.66. The Balaban J connectivity index is 2.65. The Hall–Kier alpha value is -1.31. The second kappa shape index (κ2) is 7.63. The van der Waals surface area contributed by atoms with Gasteiger partial charge in [-0.2, -0.15) is 0 Å². The molecule has 6 nitrogen and oxygen atoms in total. The first kappa shape index (κ1) is 17.7. The van der Waals surface area contributed by atoms with E-state index in [4.69, 9.17) is 11.6 Å². The average Bonchev–Trinajstić information content (AvgIpc) is 2.32. The molecule has 0 radical (unpaired) electrons. The molecule has 1 aromatic rings. The quantitative estimate of drug-likeness (QED) is 0.739. The minimum atomic E-state index is -3.37. The molecular formula is C13H20ClN3O3S. The monoisotopic (exact) mass is 333 g/mol. The van der Waals surface area contributed by atoms with Crippen molar-refractivity contribution in [1.29, 1.82) is 0 Å². The van der Waals surface area contributed by atoms with Crippen molar-refractivity contribution in [3.8, 4) is 0 Å². The van der Waals surface area contributed by atoms with Crippen LogP contribution >= 0.6 is 11.6 Å². The van der Waals surface area contributed by atoms with Gasteiger partial charge in [-0.1, -0.05) is 11.6 Å². The summed E-state index contributed by atoms with van der Waals surface area (Å²) in [6.45, 7) is 1.43. The molecule has 0 saturated heterocycles. The van der Waals surface area contributed by atoms with Crippen LogP contribution in [0, 0.1) is 0 Å². The number of hydrogen-bond donors (Lipinski definition) is 2. The van der Waals surface area contributed by atoms with E-state index >= 15 is 0 Å². The molecule has 0 aromatic heterocycles. The van der Waals surface area contributed by atoms with E-state index in [-0.39, 0.29) is 10.9 Å². The lowest BCUT2D eigenvalue weighted by molar-refractivity contribution is 0.0952. The lowest BCUT2D eigenvalue weighted by atomic mass is 10.2. The van der Waals surface area contributed by atoms with Gasteiger partial charge in [-0.25, -0.2) is 8.42 Å². The summed E-state index contributed by atoms with van der Waals surface area (Å²) in [5.41, 5.74) is 0.646. The van der Waals surface area contributed by atoms with E-state index in [9.17, 15) is 13.2 Å². The third kappa shape index (κ3) is 6.79. The van der Waals surface area contributed by atoms with Gasteiger partial charge >= 0.3 is 0 Å². The number of carbonyl (C=O) groups is 1. The van der Waals surface area contributed by atoms with E-state index in [1.807, 2.05) is 19.0 Å². The van der Waals surface area contributed by atoms with Crippen LogP contribution in [0.1, 0.15) is 16.8 Å². The van der Waals surface area contributed by atoms with Gasteiger partial charge in [-0.15, -0.1) is 0 Å². The van der Waals surface area contributed by atoms with Crippen LogP contribution in [0.3, 0.4) is 0 Å². The van der Waals surface area contributed by atoms with E-state index < -0.39 is 10.0 Å². The van der Waals surface area contributed by atoms with Crippen LogP contribution in [0.2, 0.25) is 5.02 Å². The van der Waals surface area contributed by atoms with Crippen LogP contribution in [0.4, 0.5) is 5.69 Å². The van der Waals surface area contributed by atoms with Gasteiger partial charge < -0.3 is 10.2 Å². The van der Waals surface area contributed by atoms with Crippen LogP contribution in [-0.4, -0.2) is 52.7 Å². The lowest BCUT2D eigenvalue weighted by Crippen LogP contribution is -2.27. The summed E-state index contributed by atoms with van der Waals surface area (Å²) in [7, 11) is 0.562. The van der Waals surface area contributed by atoms with E-state index in [1.165, 1.54) is 18.2 Å². The number of nitrogens with zero attached hydrogens (tertiary/aromatic N) is 1. The summed E-state index contributed by atoms with van der Waals surface area (Å²) >= 11 is 6.01. The zero-order valence-corrected chi connectivity index (χ0v) is 13.9.